The van der Waals surface area contributed by atoms with Crippen LogP contribution in [0.3, 0.4) is 0 Å². The molecule has 0 unspecified atom stereocenters. The van der Waals surface area contributed by atoms with Crippen LogP contribution in [0.25, 0.3) is 11.1 Å². The van der Waals surface area contributed by atoms with Gasteiger partial charge in [0.2, 0.25) is 0 Å². The zero-order valence-electron chi connectivity index (χ0n) is 8.21. The van der Waals surface area contributed by atoms with Gasteiger partial charge in [-0.1, -0.05) is 30.3 Å². The van der Waals surface area contributed by atoms with Gasteiger partial charge in [-0.3, -0.25) is 4.79 Å². The van der Waals surface area contributed by atoms with E-state index in [4.69, 9.17) is 0 Å². The van der Waals surface area contributed by atoms with Crippen molar-refractivity contribution < 1.29 is 4.92 Å². The molecule has 2 rings (SSSR count). The minimum atomic E-state index is -0.594. The van der Waals surface area contributed by atoms with E-state index in [1.54, 1.807) is 30.3 Å². The van der Waals surface area contributed by atoms with Crippen molar-refractivity contribution in [3.63, 3.8) is 0 Å². The minimum Gasteiger partial charge on any atom is -0.358 e. The molecule has 0 atom stereocenters. The quantitative estimate of drug-likeness (QED) is 0.615. The maximum Gasteiger partial charge on any atom is 0.332 e. The number of nitrogens with one attached hydrogen (secondary N) is 1. The van der Waals surface area contributed by atoms with Gasteiger partial charge in [-0.2, -0.15) is 0 Å². The van der Waals surface area contributed by atoms with E-state index in [0.717, 1.165) is 0 Å². The molecule has 0 aliphatic rings. The fraction of sp³-hybridized carbons (Fsp3) is 0. The van der Waals surface area contributed by atoms with Crippen molar-refractivity contribution in [2.45, 2.75) is 0 Å². The highest BCUT2D eigenvalue weighted by molar-refractivity contribution is 5.70. The molecule has 0 amide bonds. The molecule has 1 N–H and O–H groups in total. The van der Waals surface area contributed by atoms with Crippen molar-refractivity contribution in [1.82, 2.24) is 4.98 Å². The zero-order valence-corrected chi connectivity index (χ0v) is 8.21. The molecule has 1 aromatic carbocycles. The summed E-state index contributed by atoms with van der Waals surface area (Å²) >= 11 is 0. The van der Waals surface area contributed by atoms with Crippen molar-refractivity contribution in [2.75, 3.05) is 0 Å². The normalized spacial score (nSPS) is 10.0. The van der Waals surface area contributed by atoms with Crippen LogP contribution < -0.4 is 5.43 Å². The van der Waals surface area contributed by atoms with Crippen LogP contribution in [0.4, 0.5) is 5.82 Å². The summed E-state index contributed by atoms with van der Waals surface area (Å²) in [5.74, 6) is -0.279. The lowest BCUT2D eigenvalue weighted by molar-refractivity contribution is -0.388. The van der Waals surface area contributed by atoms with Crippen LogP contribution in [0, 0.1) is 10.1 Å². The molecular formula is C11H8N2O3. The molecule has 5 nitrogen and oxygen atoms in total. The second-order valence-electron chi connectivity index (χ2n) is 3.19. The van der Waals surface area contributed by atoms with Crippen LogP contribution in [0.5, 0.6) is 0 Å². The first-order chi connectivity index (χ1) is 7.70. The van der Waals surface area contributed by atoms with E-state index in [1.165, 1.54) is 12.3 Å². The van der Waals surface area contributed by atoms with E-state index in [2.05, 4.69) is 4.98 Å². The third kappa shape index (κ3) is 1.70. The summed E-state index contributed by atoms with van der Waals surface area (Å²) in [6.45, 7) is 0. The predicted octanol–water partition coefficient (Wildman–Crippen LogP) is 1.95. The van der Waals surface area contributed by atoms with Crippen LogP contribution in [0.1, 0.15) is 0 Å². The molecular weight excluding hydrogens is 208 g/mol. The van der Waals surface area contributed by atoms with Crippen LogP contribution in [-0.4, -0.2) is 9.91 Å². The summed E-state index contributed by atoms with van der Waals surface area (Å²) in [7, 11) is 0. The van der Waals surface area contributed by atoms with Gasteiger partial charge in [0.1, 0.15) is 5.56 Å². The number of aromatic amines is 1. The largest absolute Gasteiger partial charge is 0.358 e. The number of nitro groups is 1. The van der Waals surface area contributed by atoms with Crippen molar-refractivity contribution in [3.8, 4) is 11.1 Å². The van der Waals surface area contributed by atoms with Crippen LogP contribution in [0.2, 0.25) is 0 Å². The number of rotatable bonds is 2. The molecule has 0 aliphatic carbocycles. The van der Waals surface area contributed by atoms with E-state index >= 15 is 0 Å². The molecule has 80 valence electrons. The van der Waals surface area contributed by atoms with E-state index in [9.17, 15) is 14.9 Å². The highest BCUT2D eigenvalue weighted by Crippen LogP contribution is 2.23. The Morgan fingerprint density at radius 2 is 1.81 bits per heavy atom. The molecule has 0 radical (unpaired) electrons. The topological polar surface area (TPSA) is 76.0 Å². The molecule has 5 heteroatoms. The number of hydrogen-bond donors (Lipinski definition) is 1. The SMILES string of the molecule is O=c1cc[nH]c([N+](=O)[O-])c1-c1ccccc1. The highest BCUT2D eigenvalue weighted by atomic mass is 16.6. The van der Waals surface area contributed by atoms with Crippen LogP contribution in [-0.2, 0) is 0 Å². The predicted molar refractivity (Wildman–Crippen MR) is 59.2 cm³/mol. The molecule has 16 heavy (non-hydrogen) atoms. The molecule has 0 saturated heterocycles. The third-order valence-corrected chi connectivity index (χ3v) is 2.18. The Morgan fingerprint density at radius 3 is 2.44 bits per heavy atom. The van der Waals surface area contributed by atoms with E-state index < -0.39 is 4.92 Å². The lowest BCUT2D eigenvalue weighted by atomic mass is 10.1. The first-order valence-corrected chi connectivity index (χ1v) is 4.61. The number of benzene rings is 1. The Morgan fingerprint density at radius 1 is 1.12 bits per heavy atom. The molecule has 2 aromatic rings. The Bertz CT molecular complexity index is 575. The fourth-order valence-electron chi connectivity index (χ4n) is 1.50. The Kier molecular flexibility index (Phi) is 2.51. The van der Waals surface area contributed by atoms with Gasteiger partial charge in [-0.05, 0) is 10.5 Å². The number of hydrogen-bond acceptors (Lipinski definition) is 3. The molecule has 0 spiro atoms. The van der Waals surface area contributed by atoms with Gasteiger partial charge < -0.3 is 10.1 Å². The van der Waals surface area contributed by atoms with Gasteiger partial charge in [0.05, 0.1) is 6.20 Å². The average molecular weight is 216 g/mol. The molecule has 1 heterocycles. The summed E-state index contributed by atoms with van der Waals surface area (Å²) in [4.78, 5) is 24.3. The summed E-state index contributed by atoms with van der Waals surface area (Å²) < 4.78 is 0. The lowest BCUT2D eigenvalue weighted by Gasteiger charge is -2.02. The van der Waals surface area contributed by atoms with Gasteiger partial charge in [0.15, 0.2) is 5.43 Å². The lowest BCUT2D eigenvalue weighted by Crippen LogP contribution is -2.08. The third-order valence-electron chi connectivity index (χ3n) is 2.18. The van der Waals surface area contributed by atoms with Gasteiger partial charge in [0, 0.05) is 6.07 Å². The average Bonchev–Trinajstić information content (AvgIpc) is 2.29. The van der Waals surface area contributed by atoms with Gasteiger partial charge in [-0.25, -0.2) is 4.98 Å². The van der Waals surface area contributed by atoms with Crippen molar-refractivity contribution in [3.05, 3.63) is 62.9 Å². The summed E-state index contributed by atoms with van der Waals surface area (Å²) in [5.41, 5.74) is 0.265. The zero-order chi connectivity index (χ0) is 11.5. The number of H-pyrrole nitrogens is 1. The summed E-state index contributed by atoms with van der Waals surface area (Å²) in [6.07, 6.45) is 1.27. The standard InChI is InChI=1S/C11H8N2O3/c14-9-6-7-12-11(13(15)16)10(9)8-4-2-1-3-5-8/h1-7H,(H,12,14). The first kappa shape index (κ1) is 10.1. The highest BCUT2D eigenvalue weighted by Gasteiger charge is 2.16. The molecule has 0 aliphatic heterocycles. The smallest absolute Gasteiger partial charge is 0.332 e. The Labute approximate surface area is 90.5 Å². The molecule has 0 saturated carbocycles. The fourth-order valence-corrected chi connectivity index (χ4v) is 1.50. The number of nitrogens with zero attached hydrogens (tertiary/aromatic N) is 1. The maximum atomic E-state index is 11.6. The van der Waals surface area contributed by atoms with Gasteiger partial charge >= 0.3 is 5.82 Å². The number of aromatic nitrogens is 1. The van der Waals surface area contributed by atoms with Crippen molar-refractivity contribution in [2.24, 2.45) is 0 Å². The Balaban J connectivity index is 2.74. The number of pyridine rings is 1. The summed E-state index contributed by atoms with van der Waals surface area (Å²) in [6, 6.07) is 9.84. The summed E-state index contributed by atoms with van der Waals surface area (Å²) in [5, 5.41) is 10.8. The second kappa shape index (κ2) is 3.98. The van der Waals surface area contributed by atoms with Crippen molar-refractivity contribution in [1.29, 1.82) is 0 Å². The second-order valence-corrected chi connectivity index (χ2v) is 3.19. The van der Waals surface area contributed by atoms with E-state index in [-0.39, 0.29) is 16.8 Å². The molecule has 0 fully saturated rings. The van der Waals surface area contributed by atoms with Gasteiger partial charge in [-0.15, -0.1) is 0 Å². The van der Waals surface area contributed by atoms with Crippen molar-refractivity contribution >= 4 is 5.82 Å². The maximum absolute atomic E-state index is 11.6. The van der Waals surface area contributed by atoms with Crippen LogP contribution in [0.15, 0.2) is 47.4 Å². The van der Waals surface area contributed by atoms with E-state index in [1.807, 2.05) is 0 Å². The molecule has 0 bridgehead atoms. The van der Waals surface area contributed by atoms with E-state index in [0.29, 0.717) is 5.56 Å². The first-order valence-electron chi connectivity index (χ1n) is 4.61. The van der Waals surface area contributed by atoms with Gasteiger partial charge in [0.25, 0.3) is 0 Å². The minimum absolute atomic E-state index is 0.0908. The molecule has 1 aromatic heterocycles. The Hall–Kier alpha value is -2.43. The van der Waals surface area contributed by atoms with Crippen LogP contribution >= 0.6 is 0 Å². The monoisotopic (exact) mass is 216 g/mol.